The second kappa shape index (κ2) is 6.36. The molecule has 3 nitrogen and oxygen atoms in total. The van der Waals surface area contributed by atoms with Gasteiger partial charge in [0.1, 0.15) is 0 Å². The first kappa shape index (κ1) is 14.9. The topological polar surface area (TPSA) is 34.9 Å². The van der Waals surface area contributed by atoms with Crippen LogP contribution >= 0.6 is 11.8 Å². The van der Waals surface area contributed by atoms with E-state index in [0.717, 1.165) is 16.4 Å². The number of thioether (sulfide) groups is 1. The number of hydrogen-bond acceptors (Lipinski definition) is 3. The number of fused-ring (bicyclic) bond motifs is 1. The highest BCUT2D eigenvalue weighted by Gasteiger charge is 2.10. The number of aromatic nitrogens is 2. The van der Waals surface area contributed by atoms with Crippen molar-refractivity contribution in [1.29, 1.82) is 0 Å². The molecule has 0 aliphatic heterocycles. The molecule has 0 bridgehead atoms. The molecule has 2 aromatic carbocycles. The largest absolute Gasteiger partial charge is 0.287 e. The van der Waals surface area contributed by atoms with Crippen LogP contribution in [0.5, 0.6) is 0 Å². The van der Waals surface area contributed by atoms with Gasteiger partial charge in [0.25, 0.3) is 5.56 Å². The maximum absolute atomic E-state index is 12.6. The van der Waals surface area contributed by atoms with Gasteiger partial charge >= 0.3 is 0 Å². The highest BCUT2D eigenvalue weighted by molar-refractivity contribution is 7.98. The first-order chi connectivity index (χ1) is 10.7. The Labute approximate surface area is 134 Å². The van der Waals surface area contributed by atoms with Gasteiger partial charge in [0.2, 0.25) is 0 Å². The first-order valence-corrected chi connectivity index (χ1v) is 8.35. The van der Waals surface area contributed by atoms with Crippen LogP contribution in [0, 0.1) is 6.92 Å². The predicted octanol–water partition coefficient (Wildman–Crippen LogP) is 4.02. The predicted molar refractivity (Wildman–Crippen MR) is 92.4 cm³/mol. The lowest BCUT2D eigenvalue weighted by Crippen LogP contribution is -2.22. The van der Waals surface area contributed by atoms with Crippen LogP contribution in [-0.4, -0.2) is 9.55 Å². The second-order valence-corrected chi connectivity index (χ2v) is 6.18. The second-order valence-electron chi connectivity index (χ2n) is 5.24. The van der Waals surface area contributed by atoms with Crippen molar-refractivity contribution in [2.24, 2.45) is 0 Å². The maximum Gasteiger partial charge on any atom is 0.262 e. The molecule has 0 radical (unpaired) electrons. The fourth-order valence-electron chi connectivity index (χ4n) is 2.49. The summed E-state index contributed by atoms with van der Waals surface area (Å²) < 4.78 is 1.75. The molecule has 112 valence electrons. The quantitative estimate of drug-likeness (QED) is 0.539. The Kier molecular flexibility index (Phi) is 4.29. The molecule has 0 N–H and O–H groups in total. The molecule has 0 saturated heterocycles. The number of hydrogen-bond donors (Lipinski definition) is 0. The van der Waals surface area contributed by atoms with Crippen LogP contribution in [0.2, 0.25) is 0 Å². The lowest BCUT2D eigenvalue weighted by molar-refractivity contribution is 0.634. The lowest BCUT2D eigenvalue weighted by Gasteiger charge is -2.11. The minimum absolute atomic E-state index is 0.0415. The van der Waals surface area contributed by atoms with Crippen LogP contribution in [0.1, 0.15) is 18.1 Å². The number of para-hydroxylation sites is 1. The van der Waals surface area contributed by atoms with Crippen LogP contribution in [0.15, 0.2) is 58.5 Å². The van der Waals surface area contributed by atoms with Gasteiger partial charge in [-0.05, 0) is 31.5 Å². The van der Waals surface area contributed by atoms with E-state index in [1.165, 1.54) is 11.1 Å². The minimum Gasteiger partial charge on any atom is -0.287 e. The van der Waals surface area contributed by atoms with Crippen molar-refractivity contribution < 1.29 is 0 Å². The molecule has 0 unspecified atom stereocenters. The standard InChI is InChI=1S/C18H18N2OS/c1-3-20-17(21)15-9-4-5-10-16(15)19-18(20)22-12-14-8-6-7-13(2)11-14/h4-11H,3,12H2,1-2H3. The van der Waals surface area contributed by atoms with Crippen molar-refractivity contribution in [2.45, 2.75) is 31.3 Å². The van der Waals surface area contributed by atoms with E-state index >= 15 is 0 Å². The summed E-state index contributed by atoms with van der Waals surface area (Å²) in [5, 5.41) is 1.47. The summed E-state index contributed by atoms with van der Waals surface area (Å²) in [7, 11) is 0. The van der Waals surface area contributed by atoms with Crippen molar-refractivity contribution in [1.82, 2.24) is 9.55 Å². The molecule has 1 heterocycles. The zero-order chi connectivity index (χ0) is 15.5. The van der Waals surface area contributed by atoms with E-state index in [1.807, 2.05) is 31.2 Å². The molecular weight excluding hydrogens is 292 g/mol. The third kappa shape index (κ3) is 2.92. The normalized spacial score (nSPS) is 11.0. The molecule has 0 spiro atoms. The minimum atomic E-state index is 0.0415. The van der Waals surface area contributed by atoms with Crippen LogP contribution in [0.25, 0.3) is 10.9 Å². The Morgan fingerprint density at radius 2 is 1.95 bits per heavy atom. The smallest absolute Gasteiger partial charge is 0.262 e. The monoisotopic (exact) mass is 310 g/mol. The summed E-state index contributed by atoms with van der Waals surface area (Å²) in [6.07, 6.45) is 0. The van der Waals surface area contributed by atoms with Crippen molar-refractivity contribution in [2.75, 3.05) is 0 Å². The molecule has 0 fully saturated rings. The van der Waals surface area contributed by atoms with E-state index in [-0.39, 0.29) is 5.56 Å². The third-order valence-corrected chi connectivity index (χ3v) is 4.64. The summed E-state index contributed by atoms with van der Waals surface area (Å²) in [4.78, 5) is 17.2. The van der Waals surface area contributed by atoms with Gasteiger partial charge in [-0.1, -0.05) is 53.7 Å². The molecule has 0 atom stereocenters. The molecule has 3 aromatic rings. The molecule has 0 saturated carbocycles. The van der Waals surface area contributed by atoms with Crippen molar-refractivity contribution in [3.63, 3.8) is 0 Å². The molecule has 0 amide bonds. The van der Waals surface area contributed by atoms with E-state index in [2.05, 4.69) is 36.2 Å². The Morgan fingerprint density at radius 1 is 1.14 bits per heavy atom. The molecule has 0 aliphatic rings. The Bertz CT molecular complexity index is 870. The molecule has 4 heteroatoms. The number of rotatable bonds is 4. The Balaban J connectivity index is 1.97. The van der Waals surface area contributed by atoms with Gasteiger partial charge in [0.05, 0.1) is 10.9 Å². The van der Waals surface area contributed by atoms with Gasteiger partial charge in [0, 0.05) is 12.3 Å². The van der Waals surface area contributed by atoms with E-state index in [1.54, 1.807) is 16.3 Å². The molecule has 3 rings (SSSR count). The van der Waals surface area contributed by atoms with Crippen molar-refractivity contribution >= 4 is 22.7 Å². The third-order valence-electron chi connectivity index (χ3n) is 3.59. The fraction of sp³-hybridized carbons (Fsp3) is 0.222. The summed E-state index contributed by atoms with van der Waals surface area (Å²) in [6, 6.07) is 16.0. The van der Waals surface area contributed by atoms with Gasteiger partial charge in [-0.3, -0.25) is 9.36 Å². The van der Waals surface area contributed by atoms with Gasteiger partial charge in [0.15, 0.2) is 5.16 Å². The van der Waals surface area contributed by atoms with Gasteiger partial charge < -0.3 is 0 Å². The zero-order valence-corrected chi connectivity index (χ0v) is 13.6. The number of nitrogens with zero attached hydrogens (tertiary/aromatic N) is 2. The average molecular weight is 310 g/mol. The fourth-order valence-corrected chi connectivity index (χ4v) is 3.49. The van der Waals surface area contributed by atoms with Gasteiger partial charge in [-0.25, -0.2) is 4.98 Å². The summed E-state index contributed by atoms with van der Waals surface area (Å²) in [6.45, 7) is 4.70. The van der Waals surface area contributed by atoms with Gasteiger partial charge in [-0.15, -0.1) is 0 Å². The van der Waals surface area contributed by atoms with E-state index in [0.29, 0.717) is 11.9 Å². The number of aryl methyl sites for hydroxylation is 1. The zero-order valence-electron chi connectivity index (χ0n) is 12.7. The van der Waals surface area contributed by atoms with Gasteiger partial charge in [-0.2, -0.15) is 0 Å². The molecular formula is C18H18N2OS. The molecule has 1 aromatic heterocycles. The summed E-state index contributed by atoms with van der Waals surface area (Å²) >= 11 is 1.61. The molecule has 22 heavy (non-hydrogen) atoms. The van der Waals surface area contributed by atoms with E-state index < -0.39 is 0 Å². The Morgan fingerprint density at radius 3 is 2.73 bits per heavy atom. The summed E-state index contributed by atoms with van der Waals surface area (Å²) in [5.74, 6) is 0.812. The van der Waals surface area contributed by atoms with Crippen LogP contribution in [-0.2, 0) is 12.3 Å². The SMILES string of the molecule is CCn1c(SCc2cccc(C)c2)nc2ccccc2c1=O. The Hall–Kier alpha value is -2.07. The van der Waals surface area contributed by atoms with E-state index in [9.17, 15) is 4.79 Å². The maximum atomic E-state index is 12.6. The van der Waals surface area contributed by atoms with Crippen molar-refractivity contribution in [3.8, 4) is 0 Å². The van der Waals surface area contributed by atoms with Crippen molar-refractivity contribution in [3.05, 3.63) is 70.0 Å². The highest BCUT2D eigenvalue weighted by Crippen LogP contribution is 2.22. The highest BCUT2D eigenvalue weighted by atomic mass is 32.2. The van der Waals surface area contributed by atoms with Crippen LogP contribution < -0.4 is 5.56 Å². The number of benzene rings is 2. The first-order valence-electron chi connectivity index (χ1n) is 7.37. The lowest BCUT2D eigenvalue weighted by atomic mass is 10.2. The summed E-state index contributed by atoms with van der Waals surface area (Å²) in [5.41, 5.74) is 3.30. The van der Waals surface area contributed by atoms with E-state index in [4.69, 9.17) is 0 Å². The van der Waals surface area contributed by atoms with Crippen LogP contribution in [0.4, 0.5) is 0 Å². The van der Waals surface area contributed by atoms with Crippen LogP contribution in [0.3, 0.4) is 0 Å². The molecule has 0 aliphatic carbocycles. The average Bonchev–Trinajstić information content (AvgIpc) is 2.53.